The number of nitrogens with zero attached hydrogens (tertiary/aromatic N) is 3. The molecule has 1 aromatic heterocycles. The lowest BCUT2D eigenvalue weighted by molar-refractivity contribution is 0.289. The van der Waals surface area contributed by atoms with Gasteiger partial charge in [-0.15, -0.1) is 0 Å². The van der Waals surface area contributed by atoms with Gasteiger partial charge in [-0.05, 0) is 30.5 Å². The second-order valence-electron chi connectivity index (χ2n) is 6.00. The average Bonchev–Trinajstić information content (AvgIpc) is 3.12. The maximum Gasteiger partial charge on any atom is 0.352 e. The van der Waals surface area contributed by atoms with E-state index in [4.69, 9.17) is 4.74 Å². The van der Waals surface area contributed by atoms with Crippen molar-refractivity contribution in [3.8, 4) is 5.88 Å². The first kappa shape index (κ1) is 15.0. The van der Waals surface area contributed by atoms with Crippen molar-refractivity contribution < 1.29 is 17.9 Å². The van der Waals surface area contributed by atoms with Gasteiger partial charge in [-0.2, -0.15) is 4.98 Å². The molecule has 1 unspecified atom stereocenters. The first-order valence-corrected chi connectivity index (χ1v) is 7.67. The van der Waals surface area contributed by atoms with E-state index in [-0.39, 0.29) is 18.1 Å². The standard InChI is InChI=1S/C16H14F3N3O2/c17-11-4-9(5-12(18)15(11)19)8-24-13-6-14-21-3-1-2-10(21)7-22(14)16(23)20-13/h4-6,10H,1-3,7-8H2. The summed E-state index contributed by atoms with van der Waals surface area (Å²) in [6.45, 7) is 1.28. The predicted octanol–water partition coefficient (Wildman–Crippen LogP) is 2.22. The van der Waals surface area contributed by atoms with Crippen molar-refractivity contribution in [2.24, 2.45) is 0 Å². The van der Waals surface area contributed by atoms with Crippen molar-refractivity contribution in [3.05, 3.63) is 51.7 Å². The molecule has 126 valence electrons. The minimum Gasteiger partial charge on any atom is -0.473 e. The Morgan fingerprint density at radius 1 is 1.21 bits per heavy atom. The van der Waals surface area contributed by atoms with E-state index in [1.165, 1.54) is 0 Å². The zero-order valence-corrected chi connectivity index (χ0v) is 12.6. The number of ether oxygens (including phenoxy) is 1. The van der Waals surface area contributed by atoms with Crippen molar-refractivity contribution >= 4 is 5.82 Å². The van der Waals surface area contributed by atoms with Crippen LogP contribution in [0.3, 0.4) is 0 Å². The highest BCUT2D eigenvalue weighted by Crippen LogP contribution is 2.33. The highest BCUT2D eigenvalue weighted by Gasteiger charge is 2.34. The van der Waals surface area contributed by atoms with Gasteiger partial charge < -0.3 is 9.64 Å². The van der Waals surface area contributed by atoms with Gasteiger partial charge in [-0.1, -0.05) is 0 Å². The number of anilines is 1. The molecule has 0 bridgehead atoms. The van der Waals surface area contributed by atoms with Crippen LogP contribution in [0.1, 0.15) is 18.4 Å². The van der Waals surface area contributed by atoms with Crippen LogP contribution in [0.2, 0.25) is 0 Å². The summed E-state index contributed by atoms with van der Waals surface area (Å²) in [5.41, 5.74) is -0.291. The third-order valence-electron chi connectivity index (χ3n) is 4.46. The Bertz CT molecular complexity index is 845. The number of hydrogen-bond donors (Lipinski definition) is 0. The Kier molecular flexibility index (Phi) is 3.47. The SMILES string of the molecule is O=c1nc(OCc2cc(F)c(F)c(F)c2)cc2n1CC1CCCN21. The molecule has 2 aliphatic heterocycles. The first-order chi connectivity index (χ1) is 11.5. The van der Waals surface area contributed by atoms with Crippen LogP contribution in [0, 0.1) is 17.5 Å². The minimum atomic E-state index is -1.52. The van der Waals surface area contributed by atoms with Crippen LogP contribution in [-0.2, 0) is 13.2 Å². The van der Waals surface area contributed by atoms with E-state index in [0.717, 1.165) is 37.3 Å². The molecule has 1 fully saturated rings. The summed E-state index contributed by atoms with van der Waals surface area (Å²) in [4.78, 5) is 18.1. The molecule has 0 spiro atoms. The largest absolute Gasteiger partial charge is 0.473 e. The molecule has 0 aliphatic carbocycles. The monoisotopic (exact) mass is 337 g/mol. The number of aromatic nitrogens is 2. The molecule has 0 saturated carbocycles. The van der Waals surface area contributed by atoms with E-state index in [2.05, 4.69) is 9.88 Å². The molecular weight excluding hydrogens is 323 g/mol. The summed E-state index contributed by atoms with van der Waals surface area (Å²) >= 11 is 0. The summed E-state index contributed by atoms with van der Waals surface area (Å²) in [6, 6.07) is 3.68. The van der Waals surface area contributed by atoms with E-state index in [9.17, 15) is 18.0 Å². The van der Waals surface area contributed by atoms with E-state index >= 15 is 0 Å². The van der Waals surface area contributed by atoms with Gasteiger partial charge >= 0.3 is 5.69 Å². The molecule has 1 aromatic carbocycles. The van der Waals surface area contributed by atoms with Crippen LogP contribution >= 0.6 is 0 Å². The average molecular weight is 337 g/mol. The Morgan fingerprint density at radius 3 is 2.71 bits per heavy atom. The molecule has 0 amide bonds. The number of fused-ring (bicyclic) bond motifs is 3. The Balaban J connectivity index is 1.57. The quantitative estimate of drug-likeness (QED) is 0.806. The van der Waals surface area contributed by atoms with Crippen LogP contribution in [0.15, 0.2) is 23.0 Å². The molecule has 2 aliphatic rings. The molecule has 8 heteroatoms. The third kappa shape index (κ3) is 2.42. The number of rotatable bonds is 3. The van der Waals surface area contributed by atoms with Gasteiger partial charge in [0.05, 0.1) is 0 Å². The third-order valence-corrected chi connectivity index (χ3v) is 4.46. The van der Waals surface area contributed by atoms with Crippen LogP contribution in [0.25, 0.3) is 0 Å². The Morgan fingerprint density at radius 2 is 1.96 bits per heavy atom. The molecule has 2 aromatic rings. The molecule has 1 atom stereocenters. The molecular formula is C16H14F3N3O2. The molecule has 3 heterocycles. The summed E-state index contributed by atoms with van der Waals surface area (Å²) in [6.07, 6.45) is 2.11. The molecule has 5 nitrogen and oxygen atoms in total. The number of halogens is 3. The highest BCUT2D eigenvalue weighted by molar-refractivity contribution is 5.48. The zero-order chi connectivity index (χ0) is 16.8. The maximum atomic E-state index is 13.2. The van der Waals surface area contributed by atoms with Crippen molar-refractivity contribution in [2.75, 3.05) is 11.4 Å². The van der Waals surface area contributed by atoms with E-state index < -0.39 is 23.1 Å². The zero-order valence-electron chi connectivity index (χ0n) is 12.6. The highest BCUT2D eigenvalue weighted by atomic mass is 19.2. The topological polar surface area (TPSA) is 47.4 Å². The van der Waals surface area contributed by atoms with E-state index in [0.29, 0.717) is 12.6 Å². The smallest absolute Gasteiger partial charge is 0.352 e. The predicted molar refractivity (Wildman–Crippen MR) is 79.5 cm³/mol. The fraction of sp³-hybridized carbons (Fsp3) is 0.375. The Hall–Kier alpha value is -2.51. The van der Waals surface area contributed by atoms with Crippen LogP contribution < -0.4 is 15.3 Å². The summed E-state index contributed by atoms with van der Waals surface area (Å²) < 4.78 is 46.4. The van der Waals surface area contributed by atoms with Gasteiger partial charge in [-0.3, -0.25) is 4.57 Å². The number of benzene rings is 1. The molecule has 1 saturated heterocycles. The lowest BCUT2D eigenvalue weighted by atomic mass is 10.2. The van der Waals surface area contributed by atoms with Crippen molar-refractivity contribution in [1.82, 2.24) is 9.55 Å². The summed E-state index contributed by atoms with van der Waals surface area (Å²) in [5, 5.41) is 0. The van der Waals surface area contributed by atoms with Crippen LogP contribution in [0.5, 0.6) is 5.88 Å². The van der Waals surface area contributed by atoms with Crippen LogP contribution in [-0.4, -0.2) is 22.1 Å². The molecule has 24 heavy (non-hydrogen) atoms. The lowest BCUT2D eigenvalue weighted by Gasteiger charge is -2.17. The summed E-state index contributed by atoms with van der Waals surface area (Å²) in [7, 11) is 0. The van der Waals surface area contributed by atoms with Gasteiger partial charge in [0.2, 0.25) is 5.88 Å². The maximum absolute atomic E-state index is 13.2. The van der Waals surface area contributed by atoms with Crippen molar-refractivity contribution in [3.63, 3.8) is 0 Å². The number of hydrogen-bond acceptors (Lipinski definition) is 4. The molecule has 0 radical (unpaired) electrons. The fourth-order valence-corrected chi connectivity index (χ4v) is 3.34. The summed E-state index contributed by atoms with van der Waals surface area (Å²) in [5.74, 6) is -3.24. The van der Waals surface area contributed by atoms with Crippen molar-refractivity contribution in [2.45, 2.75) is 32.0 Å². The second kappa shape index (κ2) is 5.54. The first-order valence-electron chi connectivity index (χ1n) is 7.67. The van der Waals surface area contributed by atoms with Gasteiger partial charge in [-0.25, -0.2) is 18.0 Å². The van der Waals surface area contributed by atoms with Gasteiger partial charge in [0, 0.05) is 25.2 Å². The second-order valence-corrected chi connectivity index (χ2v) is 6.00. The van der Waals surface area contributed by atoms with Gasteiger partial charge in [0.15, 0.2) is 17.5 Å². The van der Waals surface area contributed by atoms with Crippen molar-refractivity contribution in [1.29, 1.82) is 0 Å². The lowest BCUT2D eigenvalue weighted by Crippen LogP contribution is -2.24. The Labute approximate surface area is 135 Å². The normalized spacial score (nSPS) is 18.6. The van der Waals surface area contributed by atoms with E-state index in [1.807, 2.05) is 0 Å². The fourth-order valence-electron chi connectivity index (χ4n) is 3.34. The van der Waals surface area contributed by atoms with Crippen LogP contribution in [0.4, 0.5) is 19.0 Å². The van der Waals surface area contributed by atoms with Gasteiger partial charge in [0.1, 0.15) is 12.4 Å². The molecule has 4 rings (SSSR count). The minimum absolute atomic E-state index is 0.0870. The molecule has 0 N–H and O–H groups in total. The van der Waals surface area contributed by atoms with Gasteiger partial charge in [0.25, 0.3) is 0 Å². The van der Waals surface area contributed by atoms with E-state index in [1.54, 1.807) is 10.6 Å².